The quantitative estimate of drug-likeness (QED) is 0.596. The van der Waals surface area contributed by atoms with Gasteiger partial charge in [-0.05, 0) is 86.4 Å². The largest absolute Gasteiger partial charge is 0.390 e. The first kappa shape index (κ1) is 17.1. The van der Waals surface area contributed by atoms with Crippen molar-refractivity contribution in [3.63, 3.8) is 0 Å². The average Bonchev–Trinajstić information content (AvgIpc) is 2.90. The van der Waals surface area contributed by atoms with E-state index in [-0.39, 0.29) is 28.7 Å². The molecule has 4 aliphatic rings. The number of rotatable bonds is 0. The summed E-state index contributed by atoms with van der Waals surface area (Å²) in [5, 5.41) is 22.1. The second-order valence-corrected chi connectivity index (χ2v) is 9.73. The van der Waals surface area contributed by atoms with Crippen LogP contribution in [0, 0.1) is 34.5 Å². The molecule has 4 saturated carbocycles. The fourth-order valence-electron chi connectivity index (χ4n) is 7.61. The van der Waals surface area contributed by atoms with Crippen LogP contribution >= 0.6 is 0 Å². The third kappa shape index (κ3) is 2.07. The number of hydrogen-bond donors (Lipinski definition) is 3. The lowest BCUT2D eigenvalue weighted by Crippen LogP contribution is -2.64. The smallest absolute Gasteiger partial charge is 0.0836 e. The molecule has 0 aromatic carbocycles. The second kappa shape index (κ2) is 5.56. The Kier molecular flexibility index (Phi) is 3.95. The van der Waals surface area contributed by atoms with Crippen LogP contribution in [0.2, 0.25) is 0 Å². The molecule has 0 aromatic heterocycles. The molecule has 4 rings (SSSR count). The predicted molar refractivity (Wildman–Crippen MR) is 96.2 cm³/mol. The predicted octanol–water partition coefficient (Wildman–Crippen LogP) is 3.24. The Labute approximate surface area is 146 Å². The Hall–Kier alpha value is -0.380. The van der Waals surface area contributed by atoms with Gasteiger partial charge in [-0.15, -0.1) is 0 Å². The summed E-state index contributed by atoms with van der Waals surface area (Å²) in [7, 11) is 0. The third-order valence-corrected chi connectivity index (χ3v) is 8.99. The zero-order chi connectivity index (χ0) is 17.3. The fraction of sp³-hybridized carbons (Fsp3) is 0.905. The molecular weight excluding hydrogens is 298 g/mol. The van der Waals surface area contributed by atoms with Gasteiger partial charge in [-0.2, -0.15) is 0 Å². The third-order valence-electron chi connectivity index (χ3n) is 8.99. The summed E-state index contributed by atoms with van der Waals surface area (Å²) in [6, 6.07) is 0.191. The summed E-state index contributed by atoms with van der Waals surface area (Å²) in [5.41, 5.74) is 8.20. The molecule has 4 fully saturated rings. The topological polar surface area (TPSA) is 66.5 Å². The molecule has 0 saturated heterocycles. The molecule has 4 N–H and O–H groups in total. The van der Waals surface area contributed by atoms with E-state index in [0.717, 1.165) is 19.3 Å². The van der Waals surface area contributed by atoms with E-state index in [9.17, 15) is 10.2 Å². The average molecular weight is 334 g/mol. The molecule has 4 unspecified atom stereocenters. The van der Waals surface area contributed by atoms with Gasteiger partial charge in [0, 0.05) is 6.04 Å². The van der Waals surface area contributed by atoms with Crippen molar-refractivity contribution in [3.05, 3.63) is 11.6 Å². The van der Waals surface area contributed by atoms with Crippen LogP contribution in [0.4, 0.5) is 0 Å². The summed E-state index contributed by atoms with van der Waals surface area (Å²) in [5.74, 6) is 1.50. The molecule has 0 bridgehead atoms. The highest BCUT2D eigenvalue weighted by atomic mass is 16.3. The zero-order valence-electron chi connectivity index (χ0n) is 15.5. The van der Waals surface area contributed by atoms with Gasteiger partial charge in [0.15, 0.2) is 0 Å². The van der Waals surface area contributed by atoms with Gasteiger partial charge in [0.05, 0.1) is 12.2 Å². The molecule has 0 amide bonds. The summed E-state index contributed by atoms with van der Waals surface area (Å²) in [6.45, 7) is 6.98. The fourth-order valence-corrected chi connectivity index (χ4v) is 7.61. The van der Waals surface area contributed by atoms with Crippen molar-refractivity contribution >= 4 is 0 Å². The van der Waals surface area contributed by atoms with Crippen LogP contribution in [0.3, 0.4) is 0 Å². The molecule has 0 spiro atoms. The first-order chi connectivity index (χ1) is 11.3. The second-order valence-electron chi connectivity index (χ2n) is 9.73. The molecule has 24 heavy (non-hydrogen) atoms. The van der Waals surface area contributed by atoms with Crippen molar-refractivity contribution in [2.45, 2.75) is 84.0 Å². The molecule has 136 valence electrons. The Balaban J connectivity index is 1.73. The Morgan fingerprint density at radius 1 is 1.00 bits per heavy atom. The highest BCUT2D eigenvalue weighted by Crippen LogP contribution is 2.67. The van der Waals surface area contributed by atoms with Crippen molar-refractivity contribution in [2.75, 3.05) is 0 Å². The maximum absolute atomic E-state index is 11.1. The molecule has 0 aromatic rings. The van der Waals surface area contributed by atoms with Gasteiger partial charge in [0.2, 0.25) is 0 Å². The number of aliphatic hydroxyl groups is 2. The van der Waals surface area contributed by atoms with Gasteiger partial charge in [-0.25, -0.2) is 0 Å². The molecule has 0 heterocycles. The van der Waals surface area contributed by atoms with Crippen LogP contribution in [-0.2, 0) is 0 Å². The highest BCUT2D eigenvalue weighted by Gasteiger charge is 2.63. The maximum Gasteiger partial charge on any atom is 0.0836 e. The minimum absolute atomic E-state index is 0.152. The molecule has 0 radical (unpaired) electrons. The lowest BCUT2D eigenvalue weighted by atomic mass is 9.43. The minimum Gasteiger partial charge on any atom is -0.390 e. The lowest BCUT2D eigenvalue weighted by Gasteiger charge is -2.63. The van der Waals surface area contributed by atoms with Gasteiger partial charge in [-0.1, -0.05) is 25.5 Å². The van der Waals surface area contributed by atoms with Crippen LogP contribution < -0.4 is 5.73 Å². The van der Waals surface area contributed by atoms with Gasteiger partial charge in [0.25, 0.3) is 0 Å². The van der Waals surface area contributed by atoms with Crippen molar-refractivity contribution in [1.29, 1.82) is 0 Å². The maximum atomic E-state index is 11.1. The molecule has 0 aliphatic heterocycles. The minimum atomic E-state index is -0.598. The van der Waals surface area contributed by atoms with E-state index in [4.69, 9.17) is 5.73 Å². The van der Waals surface area contributed by atoms with Gasteiger partial charge in [0.1, 0.15) is 0 Å². The van der Waals surface area contributed by atoms with Crippen LogP contribution in [-0.4, -0.2) is 28.5 Å². The monoisotopic (exact) mass is 333 g/mol. The van der Waals surface area contributed by atoms with Gasteiger partial charge < -0.3 is 15.9 Å². The first-order valence-electron chi connectivity index (χ1n) is 10.1. The molecule has 9 atom stereocenters. The van der Waals surface area contributed by atoms with E-state index in [1.54, 1.807) is 5.57 Å². The summed E-state index contributed by atoms with van der Waals surface area (Å²) in [6.07, 6.45) is 9.01. The Morgan fingerprint density at radius 3 is 2.46 bits per heavy atom. The van der Waals surface area contributed by atoms with E-state index >= 15 is 0 Å². The summed E-state index contributed by atoms with van der Waals surface area (Å²) >= 11 is 0. The van der Waals surface area contributed by atoms with Crippen LogP contribution in [0.25, 0.3) is 0 Å². The standard InChI is InChI=1S/C21H35NO2/c1-4-12-5-6-14-17-15(8-10-20(12,14)2)21(3)9-7-13(22)11-16(21)18(23)19(17)24/h4,13-19,23-24H,5-11,22H2,1-3H3/b12-4-/t13-,14?,15?,16?,17?,18+,19+,20+,21+/m0/s1. The van der Waals surface area contributed by atoms with Crippen LogP contribution in [0.1, 0.15) is 65.7 Å². The first-order valence-corrected chi connectivity index (χ1v) is 10.1. The number of aliphatic hydroxyl groups excluding tert-OH is 2. The number of fused-ring (bicyclic) bond motifs is 5. The van der Waals surface area contributed by atoms with E-state index < -0.39 is 12.2 Å². The van der Waals surface area contributed by atoms with Crippen LogP contribution in [0.15, 0.2) is 11.6 Å². The van der Waals surface area contributed by atoms with Crippen molar-refractivity contribution in [3.8, 4) is 0 Å². The lowest BCUT2D eigenvalue weighted by molar-refractivity contribution is -0.210. The molecule has 3 heteroatoms. The van der Waals surface area contributed by atoms with Gasteiger partial charge >= 0.3 is 0 Å². The number of allylic oxidation sites excluding steroid dienone is 2. The highest BCUT2D eigenvalue weighted by molar-refractivity contribution is 5.25. The molecular formula is C21H35NO2. The van der Waals surface area contributed by atoms with Crippen molar-refractivity contribution in [2.24, 2.45) is 40.2 Å². The zero-order valence-corrected chi connectivity index (χ0v) is 15.5. The Morgan fingerprint density at radius 2 is 1.75 bits per heavy atom. The molecule has 3 nitrogen and oxygen atoms in total. The van der Waals surface area contributed by atoms with E-state index in [2.05, 4.69) is 26.8 Å². The SMILES string of the molecule is C/C=C1/CCC2C3C(CC[C@]12C)[C@@]1(C)CC[C@H](N)CC1[C@@H](O)[C@@H]3O. The number of hydrogen-bond acceptors (Lipinski definition) is 3. The van der Waals surface area contributed by atoms with Gasteiger partial charge in [-0.3, -0.25) is 0 Å². The Bertz CT molecular complexity index is 546. The number of nitrogens with two attached hydrogens (primary N) is 1. The summed E-state index contributed by atoms with van der Waals surface area (Å²) in [4.78, 5) is 0. The van der Waals surface area contributed by atoms with Crippen molar-refractivity contribution < 1.29 is 10.2 Å². The van der Waals surface area contributed by atoms with Crippen molar-refractivity contribution in [1.82, 2.24) is 0 Å². The van der Waals surface area contributed by atoms with E-state index in [0.29, 0.717) is 11.8 Å². The van der Waals surface area contributed by atoms with Crippen LogP contribution in [0.5, 0.6) is 0 Å². The summed E-state index contributed by atoms with van der Waals surface area (Å²) < 4.78 is 0. The molecule has 4 aliphatic carbocycles. The van der Waals surface area contributed by atoms with E-state index in [1.165, 1.54) is 25.7 Å². The van der Waals surface area contributed by atoms with E-state index in [1.807, 2.05) is 0 Å². The normalized spacial score (nSPS) is 58.9.